The number of ether oxygens (including phenoxy) is 4. The van der Waals surface area contributed by atoms with Crippen LogP contribution in [0.4, 0.5) is 9.59 Å². The van der Waals surface area contributed by atoms with Gasteiger partial charge in [0.25, 0.3) is 0 Å². The summed E-state index contributed by atoms with van der Waals surface area (Å²) in [5, 5.41) is 8.40. The Kier molecular flexibility index (Phi) is 25.6. The van der Waals surface area contributed by atoms with Crippen molar-refractivity contribution < 1.29 is 48.0 Å². The van der Waals surface area contributed by atoms with Crippen LogP contribution in [0.5, 0.6) is 0 Å². The van der Waals surface area contributed by atoms with Crippen LogP contribution in [0.25, 0.3) is 0 Å². The number of carbonyl (C=O) groups excluding carboxylic acids is 4. The zero-order valence-electron chi connectivity index (χ0n) is 32.9. The molecule has 2 unspecified atom stereocenters. The maximum absolute atomic E-state index is 13.7. The molecule has 0 aromatic carbocycles. The average Bonchev–Trinajstić information content (AvgIpc) is 3.18. The number of oxime groups is 1. The Morgan fingerprint density at radius 2 is 1.19 bits per heavy atom. The number of esters is 2. The predicted molar refractivity (Wildman–Crippen MR) is 210 cm³/mol. The van der Waals surface area contributed by atoms with E-state index in [1.54, 1.807) is 0 Å². The second-order valence-electron chi connectivity index (χ2n) is 12.6. The Morgan fingerprint density at radius 1 is 0.702 bits per heavy atom. The summed E-state index contributed by atoms with van der Waals surface area (Å²) in [5.74, 6) is -1.85. The maximum Gasteiger partial charge on any atom is 0.407 e. The zero-order valence-corrected chi connectivity index (χ0v) is 32.9. The minimum absolute atomic E-state index is 0.0210. The van der Waals surface area contributed by atoms with E-state index in [0.717, 1.165) is 13.7 Å². The molecule has 19 heteroatoms. The third kappa shape index (κ3) is 19.6. The molecule has 0 saturated heterocycles. The molecule has 0 aliphatic carbocycles. The van der Waals surface area contributed by atoms with E-state index in [1.165, 1.54) is 24.3 Å². The highest BCUT2D eigenvalue weighted by atomic mass is 17.3. The van der Waals surface area contributed by atoms with E-state index >= 15 is 0 Å². The average molecular weight is 807 g/mol. The Morgan fingerprint density at radius 3 is 1.67 bits per heavy atom. The van der Waals surface area contributed by atoms with Crippen LogP contribution in [0.3, 0.4) is 0 Å². The summed E-state index contributed by atoms with van der Waals surface area (Å²) in [5.41, 5.74) is -2.33. The van der Waals surface area contributed by atoms with Gasteiger partial charge in [0.15, 0.2) is 0 Å². The van der Waals surface area contributed by atoms with E-state index in [-0.39, 0.29) is 58.8 Å². The van der Waals surface area contributed by atoms with Crippen LogP contribution in [0.1, 0.15) is 71.1 Å². The lowest BCUT2D eigenvalue weighted by atomic mass is 9.97. The number of nitrogens with zero attached hydrogens (tertiary/aromatic N) is 4. The fraction of sp³-hybridized carbons (Fsp3) is 0.579. The third-order valence-electron chi connectivity index (χ3n) is 8.14. The van der Waals surface area contributed by atoms with E-state index in [1.807, 2.05) is 6.92 Å². The van der Waals surface area contributed by atoms with Gasteiger partial charge in [-0.1, -0.05) is 62.5 Å². The van der Waals surface area contributed by atoms with Crippen LogP contribution >= 0.6 is 0 Å². The molecule has 57 heavy (non-hydrogen) atoms. The van der Waals surface area contributed by atoms with Crippen molar-refractivity contribution in [2.24, 2.45) is 11.1 Å². The molecular weight excluding hydrogens is 748 g/mol. The summed E-state index contributed by atoms with van der Waals surface area (Å²) in [6.07, 6.45) is 5.41. The molecule has 0 saturated carbocycles. The first-order valence-corrected chi connectivity index (χ1v) is 18.8. The quantitative estimate of drug-likeness (QED) is 0.0203. The molecule has 0 aliphatic rings. The number of nitrogens with one attached hydrogen (secondary N) is 2. The molecule has 2 amide bonds. The van der Waals surface area contributed by atoms with Crippen molar-refractivity contribution in [2.75, 3.05) is 32.9 Å². The second-order valence-corrected chi connectivity index (χ2v) is 12.6. The lowest BCUT2D eigenvalue weighted by Crippen LogP contribution is -2.55. The normalized spacial score (nSPS) is 11.7. The highest BCUT2D eigenvalue weighted by Gasteiger charge is 2.26. The molecule has 0 fully saturated rings. The molecule has 1 rings (SSSR count). The zero-order chi connectivity index (χ0) is 42.4. The highest BCUT2D eigenvalue weighted by Crippen LogP contribution is 2.18. The van der Waals surface area contributed by atoms with Gasteiger partial charge in [0, 0.05) is 45.4 Å². The van der Waals surface area contributed by atoms with Crippen molar-refractivity contribution in [3.8, 4) is 0 Å². The van der Waals surface area contributed by atoms with Crippen molar-refractivity contribution in [3.63, 3.8) is 0 Å². The number of amides is 2. The highest BCUT2D eigenvalue weighted by molar-refractivity contribution is 5.75. The molecule has 19 nitrogen and oxygen atoms in total. The summed E-state index contributed by atoms with van der Waals surface area (Å²) in [6.45, 7) is 19.6. The first-order valence-electron chi connectivity index (χ1n) is 18.8. The lowest BCUT2D eigenvalue weighted by molar-refractivity contribution is -0.324. The van der Waals surface area contributed by atoms with Crippen LogP contribution < -0.4 is 27.7 Å². The minimum atomic E-state index is -1.15. The molecule has 0 radical (unpaired) electrons. The molecule has 318 valence electrons. The Bertz CT molecular complexity index is 1620. The van der Waals surface area contributed by atoms with Crippen molar-refractivity contribution in [2.45, 2.75) is 103 Å². The first kappa shape index (κ1) is 49.3. The first-order chi connectivity index (χ1) is 27.5. The number of carbonyl (C=O) groups is 4. The van der Waals surface area contributed by atoms with E-state index in [9.17, 15) is 33.6 Å². The Labute approximate surface area is 331 Å². The molecule has 2 atom stereocenters. The number of unbranched alkanes of at least 4 members (excludes halogenated alkanes) is 4. The topological polar surface area (TPSA) is 226 Å². The van der Waals surface area contributed by atoms with Gasteiger partial charge in [0.2, 0.25) is 0 Å². The van der Waals surface area contributed by atoms with Crippen LogP contribution in [0, 0.1) is 5.92 Å². The van der Waals surface area contributed by atoms with E-state index in [4.69, 9.17) is 23.8 Å². The lowest BCUT2D eigenvalue weighted by Gasteiger charge is -2.23. The smallest absolute Gasteiger partial charge is 0.407 e. The number of aromatic nitrogens is 3. The van der Waals surface area contributed by atoms with Gasteiger partial charge < -0.3 is 29.6 Å². The number of alkyl carbamates (subject to hydrolysis) is 2. The number of hydrogen-bond acceptors (Lipinski definition) is 14. The van der Waals surface area contributed by atoms with Gasteiger partial charge >= 0.3 is 41.2 Å². The molecule has 1 heterocycles. The fourth-order valence-electron chi connectivity index (χ4n) is 5.43. The van der Waals surface area contributed by atoms with Crippen molar-refractivity contribution in [1.29, 1.82) is 0 Å². The summed E-state index contributed by atoms with van der Waals surface area (Å²) < 4.78 is 23.1. The van der Waals surface area contributed by atoms with Gasteiger partial charge in [-0.25, -0.2) is 42.7 Å². The molecule has 0 aliphatic heterocycles. The third-order valence-corrected chi connectivity index (χ3v) is 8.14. The van der Waals surface area contributed by atoms with Gasteiger partial charge in [0.1, 0.15) is 32.0 Å². The Hall–Kier alpha value is -5.72. The van der Waals surface area contributed by atoms with E-state index in [0.29, 0.717) is 57.9 Å². The van der Waals surface area contributed by atoms with Crippen molar-refractivity contribution in [1.82, 2.24) is 24.3 Å². The Balaban J connectivity index is 3.06. The maximum atomic E-state index is 13.7. The fourth-order valence-corrected chi connectivity index (χ4v) is 5.43. The monoisotopic (exact) mass is 806 g/mol. The SMILES string of the molecule is C=CCOC(=O)CC(CC(=O)OCC=C)OC(=O)NCCCCCn1c(=O)n(CCCCCNC(=O)OCC=C)c(=O)n(CC(CCC)C(C=C)OON=C)c1=O. The predicted octanol–water partition coefficient (Wildman–Crippen LogP) is 3.29. The summed E-state index contributed by atoms with van der Waals surface area (Å²) in [6, 6.07) is 0. The molecule has 1 aromatic heterocycles. The van der Waals surface area contributed by atoms with Crippen LogP contribution in [-0.2, 0) is 58.0 Å². The van der Waals surface area contributed by atoms with Gasteiger partial charge in [-0.05, 0) is 44.9 Å². The number of hydrogen-bond donors (Lipinski definition) is 2. The second kappa shape index (κ2) is 29.6. The van der Waals surface area contributed by atoms with Gasteiger partial charge in [-0.15, -0.1) is 6.58 Å². The summed E-state index contributed by atoms with van der Waals surface area (Å²) >= 11 is 0. The van der Waals surface area contributed by atoms with Crippen LogP contribution in [-0.4, -0.2) is 89.7 Å². The van der Waals surface area contributed by atoms with Crippen LogP contribution in [0.15, 0.2) is 70.2 Å². The largest absolute Gasteiger partial charge is 0.461 e. The van der Waals surface area contributed by atoms with Gasteiger partial charge in [-0.2, -0.15) is 4.89 Å². The summed E-state index contributed by atoms with van der Waals surface area (Å²) in [7, 11) is 0. The molecule has 2 N–H and O–H groups in total. The van der Waals surface area contributed by atoms with Gasteiger partial charge in [0.05, 0.1) is 12.8 Å². The van der Waals surface area contributed by atoms with Crippen molar-refractivity contribution >= 4 is 30.8 Å². The summed E-state index contributed by atoms with van der Waals surface area (Å²) in [4.78, 5) is 99.3. The molecule has 1 aromatic rings. The van der Waals surface area contributed by atoms with Gasteiger partial charge in [-0.3, -0.25) is 9.59 Å². The number of rotatable bonds is 32. The van der Waals surface area contributed by atoms with Crippen LogP contribution in [0.2, 0.25) is 0 Å². The molecular formula is C38H58N6O13. The standard InChI is InChI=1S/C38H58N6O13/c1-7-18-29(31(11-5)56-57-39-6)28-44-37(50)42(21-16-12-14-19-40-34(47)54-25-10-4)36(49)43(38(44)51)22-17-13-15-20-41-35(48)55-30(26-32(45)52-23-8-2)27-33(46)53-24-9-3/h8-11,29-31H,2-7,12-28H2,1H3,(H,40,47)(H,41,48). The molecule has 0 spiro atoms. The van der Waals surface area contributed by atoms with Crippen molar-refractivity contribution in [3.05, 3.63) is 82.1 Å². The van der Waals surface area contributed by atoms with E-state index in [2.05, 4.69) is 53.8 Å². The molecule has 0 bridgehead atoms. The van der Waals surface area contributed by atoms with E-state index < -0.39 is 59.3 Å². The minimum Gasteiger partial charge on any atom is -0.461 e.